The summed E-state index contributed by atoms with van der Waals surface area (Å²) in [5.74, 6) is 0. The zero-order chi connectivity index (χ0) is 10.3. The van der Waals surface area contributed by atoms with Gasteiger partial charge in [0.2, 0.25) is 0 Å². The Morgan fingerprint density at radius 3 is 2.53 bits per heavy atom. The van der Waals surface area contributed by atoms with Crippen LogP contribution < -0.4 is 5.30 Å². The Labute approximate surface area is 89.9 Å². The van der Waals surface area contributed by atoms with E-state index in [0.29, 0.717) is 5.66 Å². The number of fused-ring (bicyclic) bond motifs is 1. The van der Waals surface area contributed by atoms with Crippen molar-refractivity contribution < 1.29 is 4.57 Å². The summed E-state index contributed by atoms with van der Waals surface area (Å²) in [6, 6.07) is 14.3. The zero-order valence-corrected chi connectivity index (χ0v) is 9.44. The molecule has 0 saturated heterocycles. The molecule has 1 aliphatic carbocycles. The smallest absolute Gasteiger partial charge is 0.107 e. The second kappa shape index (κ2) is 3.50. The fraction of sp³-hybridized carbons (Fsp3) is 0.231. The van der Waals surface area contributed by atoms with Gasteiger partial charge >= 0.3 is 0 Å². The number of hydrogen-bond acceptors (Lipinski definition) is 1. The normalized spacial score (nSPS) is 17.9. The molecule has 1 fully saturated rings. The first-order chi connectivity index (χ1) is 7.36. The van der Waals surface area contributed by atoms with Gasteiger partial charge in [0.05, 0.1) is 0 Å². The Bertz CT molecular complexity index is 524. The van der Waals surface area contributed by atoms with E-state index in [1.807, 2.05) is 24.3 Å². The maximum absolute atomic E-state index is 12.2. The van der Waals surface area contributed by atoms with Gasteiger partial charge in [-0.15, -0.1) is 0 Å². The van der Waals surface area contributed by atoms with Gasteiger partial charge in [0.25, 0.3) is 0 Å². The lowest BCUT2D eigenvalue weighted by atomic mass is 10.1. The predicted octanol–water partition coefficient (Wildman–Crippen LogP) is 3.19. The summed E-state index contributed by atoms with van der Waals surface area (Å²) in [7, 11) is -1.55. The van der Waals surface area contributed by atoms with Gasteiger partial charge in [0.1, 0.15) is 7.80 Å². The highest BCUT2D eigenvalue weighted by molar-refractivity contribution is 7.55. The summed E-state index contributed by atoms with van der Waals surface area (Å²) in [4.78, 5) is 0. The Hall–Kier alpha value is -1.07. The van der Waals surface area contributed by atoms with Crippen molar-refractivity contribution in [3.05, 3.63) is 42.5 Å². The third-order valence-corrected chi connectivity index (χ3v) is 5.29. The zero-order valence-electron chi connectivity index (χ0n) is 8.44. The molecular formula is C13H13OP. The molecule has 0 aliphatic heterocycles. The molecule has 1 saturated carbocycles. The van der Waals surface area contributed by atoms with E-state index in [-0.39, 0.29) is 0 Å². The van der Waals surface area contributed by atoms with Crippen molar-refractivity contribution in [2.75, 3.05) is 0 Å². The monoisotopic (exact) mass is 216 g/mol. The van der Waals surface area contributed by atoms with Gasteiger partial charge in [-0.2, -0.15) is 0 Å². The Kier molecular flexibility index (Phi) is 2.14. The quantitative estimate of drug-likeness (QED) is 0.704. The molecule has 0 radical (unpaired) electrons. The summed E-state index contributed by atoms with van der Waals surface area (Å²) < 4.78 is 12.2. The van der Waals surface area contributed by atoms with Crippen molar-refractivity contribution >= 4 is 23.9 Å². The van der Waals surface area contributed by atoms with Gasteiger partial charge in [-0.3, -0.25) is 0 Å². The molecule has 2 aromatic rings. The highest BCUT2D eigenvalue weighted by Gasteiger charge is 2.29. The number of hydrogen-bond donors (Lipinski definition) is 0. The minimum atomic E-state index is -1.55. The van der Waals surface area contributed by atoms with Gasteiger partial charge in [0, 0.05) is 11.0 Å². The van der Waals surface area contributed by atoms with Crippen LogP contribution in [0.1, 0.15) is 12.8 Å². The predicted molar refractivity (Wildman–Crippen MR) is 65.6 cm³/mol. The number of benzene rings is 2. The van der Waals surface area contributed by atoms with Crippen LogP contribution in [0.4, 0.5) is 0 Å². The van der Waals surface area contributed by atoms with Gasteiger partial charge < -0.3 is 4.57 Å². The minimum absolute atomic E-state index is 0.487. The molecule has 0 spiro atoms. The van der Waals surface area contributed by atoms with Crippen molar-refractivity contribution in [1.82, 2.24) is 0 Å². The Morgan fingerprint density at radius 2 is 1.73 bits per heavy atom. The van der Waals surface area contributed by atoms with E-state index in [2.05, 4.69) is 18.2 Å². The fourth-order valence-corrected chi connectivity index (χ4v) is 3.89. The van der Waals surface area contributed by atoms with E-state index >= 15 is 0 Å². The maximum atomic E-state index is 12.2. The van der Waals surface area contributed by atoms with Crippen LogP contribution in [0, 0.1) is 0 Å². The van der Waals surface area contributed by atoms with E-state index in [4.69, 9.17) is 0 Å². The molecule has 0 heterocycles. The first kappa shape index (κ1) is 9.18. The van der Waals surface area contributed by atoms with Crippen molar-refractivity contribution in [2.45, 2.75) is 18.5 Å². The van der Waals surface area contributed by atoms with Crippen LogP contribution in [0.25, 0.3) is 10.8 Å². The topological polar surface area (TPSA) is 17.1 Å². The second-order valence-corrected chi connectivity index (χ2v) is 6.25. The molecule has 2 aromatic carbocycles. The van der Waals surface area contributed by atoms with E-state index in [1.165, 1.54) is 10.8 Å². The van der Waals surface area contributed by atoms with Gasteiger partial charge in [-0.1, -0.05) is 42.5 Å². The molecule has 2 heteroatoms. The van der Waals surface area contributed by atoms with Crippen LogP contribution in [-0.2, 0) is 4.57 Å². The number of rotatable bonds is 2. The van der Waals surface area contributed by atoms with Crippen molar-refractivity contribution in [3.8, 4) is 0 Å². The summed E-state index contributed by atoms with van der Waals surface area (Å²) >= 11 is 0. The SMILES string of the molecule is O=[PH](c1cccc2ccccc12)C1CC1. The summed E-state index contributed by atoms with van der Waals surface area (Å²) in [5, 5.41) is 3.46. The fourth-order valence-electron chi connectivity index (χ4n) is 2.01. The minimum Gasteiger partial charge on any atom is -0.322 e. The lowest BCUT2D eigenvalue weighted by Gasteiger charge is -2.05. The van der Waals surface area contributed by atoms with E-state index < -0.39 is 7.80 Å². The van der Waals surface area contributed by atoms with Crippen molar-refractivity contribution in [2.24, 2.45) is 0 Å². The van der Waals surface area contributed by atoms with Crippen LogP contribution >= 0.6 is 7.80 Å². The van der Waals surface area contributed by atoms with Gasteiger partial charge in [0.15, 0.2) is 0 Å². The van der Waals surface area contributed by atoms with Crippen LogP contribution in [0.2, 0.25) is 0 Å². The third kappa shape index (κ3) is 1.61. The van der Waals surface area contributed by atoms with Crippen molar-refractivity contribution in [1.29, 1.82) is 0 Å². The largest absolute Gasteiger partial charge is 0.322 e. The van der Waals surface area contributed by atoms with E-state index in [1.54, 1.807) is 0 Å². The van der Waals surface area contributed by atoms with E-state index in [9.17, 15) is 4.57 Å². The third-order valence-electron chi connectivity index (χ3n) is 3.00. The molecule has 1 unspecified atom stereocenters. The first-order valence-electron chi connectivity index (χ1n) is 5.38. The first-order valence-corrected chi connectivity index (χ1v) is 6.87. The van der Waals surface area contributed by atoms with Crippen LogP contribution in [-0.4, -0.2) is 5.66 Å². The molecule has 3 rings (SSSR count). The summed E-state index contributed by atoms with van der Waals surface area (Å²) in [5.41, 5.74) is 0.487. The summed E-state index contributed by atoms with van der Waals surface area (Å²) in [6.45, 7) is 0. The van der Waals surface area contributed by atoms with Crippen molar-refractivity contribution in [3.63, 3.8) is 0 Å². The van der Waals surface area contributed by atoms with Gasteiger partial charge in [-0.05, 0) is 23.6 Å². The Balaban J connectivity index is 2.20. The molecule has 1 atom stereocenters. The van der Waals surface area contributed by atoms with Crippen LogP contribution in [0.5, 0.6) is 0 Å². The molecule has 1 nitrogen and oxygen atoms in total. The highest BCUT2D eigenvalue weighted by Crippen LogP contribution is 2.45. The van der Waals surface area contributed by atoms with E-state index in [0.717, 1.165) is 18.1 Å². The average Bonchev–Trinajstić information content (AvgIpc) is 3.11. The Morgan fingerprint density at radius 1 is 1.00 bits per heavy atom. The molecule has 15 heavy (non-hydrogen) atoms. The molecule has 0 N–H and O–H groups in total. The molecular weight excluding hydrogens is 203 g/mol. The molecule has 0 aromatic heterocycles. The lowest BCUT2D eigenvalue weighted by Crippen LogP contribution is -1.99. The standard InChI is InChI=1S/C13H13OP/c14-15(11-8-9-11)13-7-3-5-10-4-1-2-6-12(10)13/h1-7,11,15H,8-9H2. The molecule has 0 amide bonds. The summed E-state index contributed by atoms with van der Waals surface area (Å²) in [6.07, 6.45) is 2.31. The van der Waals surface area contributed by atoms with Crippen LogP contribution in [0.15, 0.2) is 42.5 Å². The van der Waals surface area contributed by atoms with Gasteiger partial charge in [-0.25, -0.2) is 0 Å². The maximum Gasteiger partial charge on any atom is 0.107 e. The molecule has 0 bridgehead atoms. The average molecular weight is 216 g/mol. The molecule has 76 valence electrons. The van der Waals surface area contributed by atoms with Crippen LogP contribution in [0.3, 0.4) is 0 Å². The second-order valence-electron chi connectivity index (χ2n) is 4.17. The molecule has 1 aliphatic rings. The highest BCUT2D eigenvalue weighted by atomic mass is 31.1. The lowest BCUT2D eigenvalue weighted by molar-refractivity contribution is 0.592.